The fourth-order valence-electron chi connectivity index (χ4n) is 7.63. The van der Waals surface area contributed by atoms with E-state index >= 15 is 0 Å². The molecule has 0 saturated carbocycles. The highest BCUT2D eigenvalue weighted by Crippen LogP contribution is 2.43. The van der Waals surface area contributed by atoms with Gasteiger partial charge in [0.2, 0.25) is 5.91 Å². The van der Waals surface area contributed by atoms with Crippen molar-refractivity contribution in [3.63, 3.8) is 0 Å². The van der Waals surface area contributed by atoms with Gasteiger partial charge < -0.3 is 19.4 Å². The molecule has 1 amide bonds. The van der Waals surface area contributed by atoms with Crippen molar-refractivity contribution in [1.82, 2.24) is 5.32 Å². The van der Waals surface area contributed by atoms with Crippen LogP contribution >= 0.6 is 7.82 Å². The molecule has 0 aliphatic heterocycles. The van der Waals surface area contributed by atoms with Crippen LogP contribution in [0.3, 0.4) is 0 Å². The number of rotatable bonds is 50. The average molecular weight is 1010 g/mol. The molecule has 408 valence electrons. The van der Waals surface area contributed by atoms with Gasteiger partial charge in [0.15, 0.2) is 0 Å². The second-order valence-corrected chi connectivity index (χ2v) is 21.6. The van der Waals surface area contributed by atoms with Crippen molar-refractivity contribution in [3.8, 4) is 0 Å². The maximum absolute atomic E-state index is 13.5. The first-order chi connectivity index (χ1) is 34.4. The Morgan fingerprint density at radius 1 is 0.521 bits per heavy atom. The molecule has 0 bridgehead atoms. The third-order valence-corrected chi connectivity index (χ3v) is 13.1. The van der Waals surface area contributed by atoms with Gasteiger partial charge >= 0.3 is 13.8 Å². The van der Waals surface area contributed by atoms with Crippen LogP contribution in [0.2, 0.25) is 0 Å². The summed E-state index contributed by atoms with van der Waals surface area (Å²) in [7, 11) is 1.45. The molecule has 3 unspecified atom stereocenters. The van der Waals surface area contributed by atoms with E-state index in [0.717, 1.165) is 116 Å². The number of phosphoric ester groups is 1. The number of unbranched alkanes of at least 4 members (excludes halogenated alkanes) is 22. The third kappa shape index (κ3) is 51.6. The van der Waals surface area contributed by atoms with Gasteiger partial charge in [-0.25, -0.2) is 4.57 Å². The maximum atomic E-state index is 13.5. The zero-order chi connectivity index (χ0) is 52.2. The summed E-state index contributed by atoms with van der Waals surface area (Å²) in [5.41, 5.74) is 0. The summed E-state index contributed by atoms with van der Waals surface area (Å²) < 4.78 is 30.5. The molecule has 71 heavy (non-hydrogen) atoms. The van der Waals surface area contributed by atoms with Gasteiger partial charge in [-0.1, -0.05) is 215 Å². The van der Waals surface area contributed by atoms with Gasteiger partial charge in [0.25, 0.3) is 0 Å². The van der Waals surface area contributed by atoms with Crippen molar-refractivity contribution >= 4 is 19.7 Å². The maximum Gasteiger partial charge on any atom is 0.472 e. The van der Waals surface area contributed by atoms with E-state index < -0.39 is 20.0 Å². The van der Waals surface area contributed by atoms with Crippen LogP contribution in [0.1, 0.15) is 226 Å². The quantitative estimate of drug-likeness (QED) is 0.0156. The van der Waals surface area contributed by atoms with E-state index in [1.807, 2.05) is 39.4 Å². The third-order valence-electron chi connectivity index (χ3n) is 12.1. The second kappa shape index (κ2) is 50.5. The van der Waals surface area contributed by atoms with Gasteiger partial charge in [-0.05, 0) is 96.0 Å². The van der Waals surface area contributed by atoms with Crippen molar-refractivity contribution in [2.75, 3.05) is 40.9 Å². The van der Waals surface area contributed by atoms with Gasteiger partial charge in [-0.15, -0.1) is 0 Å². The number of nitrogens with one attached hydrogen (secondary N) is 1. The lowest BCUT2D eigenvalue weighted by Crippen LogP contribution is -2.47. The smallest absolute Gasteiger partial charge is 0.456 e. The number of phosphoric acid groups is 1. The highest BCUT2D eigenvalue weighted by Gasteiger charge is 2.30. The van der Waals surface area contributed by atoms with Crippen molar-refractivity contribution in [3.05, 3.63) is 97.2 Å². The van der Waals surface area contributed by atoms with Gasteiger partial charge in [-0.2, -0.15) is 0 Å². The molecule has 0 heterocycles. The molecule has 3 atom stereocenters. The van der Waals surface area contributed by atoms with Crippen LogP contribution in [0.25, 0.3) is 0 Å². The SMILES string of the molecule is CC/C=C/C=C/C=C\CCCCCCCC(=O)NC(COP(=O)(O)OCC[N+](C)(C)C)C(/C=C\CCCCCCCCCCC)OC(=O)CCCCCCC/C=C\C/C=C\C/C=C\C/C=C\CCCCC. The lowest BCUT2D eigenvalue weighted by atomic mass is 10.1. The molecule has 0 radical (unpaired) electrons. The Bertz CT molecular complexity index is 1540. The number of carbonyl (C=O) groups excluding carboxylic acids is 2. The predicted molar refractivity (Wildman–Crippen MR) is 304 cm³/mol. The molecule has 10 heteroatoms. The van der Waals surface area contributed by atoms with Crippen molar-refractivity contribution in [2.45, 2.75) is 238 Å². The molecule has 0 rings (SSSR count). The first kappa shape index (κ1) is 67.9. The minimum Gasteiger partial charge on any atom is -0.456 e. The number of ether oxygens (including phenoxy) is 1. The first-order valence-electron chi connectivity index (χ1n) is 28.6. The molecule has 0 aromatic rings. The topological polar surface area (TPSA) is 111 Å². The molecule has 0 saturated heterocycles. The van der Waals surface area contributed by atoms with Crippen molar-refractivity contribution < 1.29 is 37.3 Å². The molecular weight excluding hydrogens is 904 g/mol. The zero-order valence-corrected chi connectivity index (χ0v) is 47.3. The van der Waals surface area contributed by atoms with Crippen LogP contribution in [-0.2, 0) is 27.9 Å². The average Bonchev–Trinajstić information content (AvgIpc) is 3.33. The van der Waals surface area contributed by atoms with Crippen LogP contribution in [-0.4, -0.2) is 74.3 Å². The molecular formula is C61H108N2O7P+. The van der Waals surface area contributed by atoms with Gasteiger partial charge in [0.05, 0.1) is 33.8 Å². The van der Waals surface area contributed by atoms with E-state index in [0.29, 0.717) is 23.9 Å². The van der Waals surface area contributed by atoms with Gasteiger partial charge in [0, 0.05) is 12.8 Å². The number of allylic oxidation sites excluding steroid dienone is 15. The number of hydrogen-bond donors (Lipinski definition) is 2. The molecule has 0 aromatic heterocycles. The summed E-state index contributed by atoms with van der Waals surface area (Å²) >= 11 is 0. The van der Waals surface area contributed by atoms with Crippen molar-refractivity contribution in [1.29, 1.82) is 0 Å². The molecule has 0 fully saturated rings. The second-order valence-electron chi connectivity index (χ2n) is 20.1. The Labute approximate surface area is 437 Å². The van der Waals surface area contributed by atoms with Crippen LogP contribution in [0, 0.1) is 0 Å². The molecule has 2 N–H and O–H groups in total. The minimum absolute atomic E-state index is 0.0277. The number of likely N-dealkylation sites (N-methyl/N-ethyl adjacent to an activating group) is 1. The highest BCUT2D eigenvalue weighted by molar-refractivity contribution is 7.47. The summed E-state index contributed by atoms with van der Waals surface area (Å²) in [6.07, 6.45) is 66.9. The zero-order valence-electron chi connectivity index (χ0n) is 46.4. The molecule has 0 spiro atoms. The lowest BCUT2D eigenvalue weighted by molar-refractivity contribution is -0.870. The summed E-state index contributed by atoms with van der Waals surface area (Å²) in [4.78, 5) is 37.5. The summed E-state index contributed by atoms with van der Waals surface area (Å²) in [5, 5.41) is 3.02. The van der Waals surface area contributed by atoms with Crippen LogP contribution in [0.4, 0.5) is 0 Å². The standard InChI is InChI=1S/C61H107N2O7P/c1-7-10-13-16-19-22-25-27-28-29-30-31-32-33-34-36-39-42-45-48-51-54-61(65)70-59(52-49-46-43-40-37-24-21-18-15-12-9-3)58(57-69-71(66,67)68-56-55-63(4,5)6)62-60(64)53-50-47-44-41-38-35-26-23-20-17-14-11-8-2/h11,14,17,19-20,22-23,26-28,30-31,33-34,49,52,58-59H,7-10,12-13,15-16,18,21,24-25,29,32,35-48,50-51,53-57H2,1-6H3,(H-,62,64,66,67)/p+1/b14-11+,20-17+,22-19-,26-23-,28-27-,31-30-,34-33-,52-49-. The fourth-order valence-corrected chi connectivity index (χ4v) is 8.36. The Balaban J connectivity index is 5.34. The summed E-state index contributed by atoms with van der Waals surface area (Å²) in [5.74, 6) is -0.558. The Kier molecular flexibility index (Phi) is 48.3. The minimum atomic E-state index is -4.46. The molecule has 0 aliphatic carbocycles. The van der Waals surface area contributed by atoms with E-state index in [-0.39, 0.29) is 31.5 Å². The van der Waals surface area contributed by atoms with Gasteiger partial charge in [-0.3, -0.25) is 18.6 Å². The van der Waals surface area contributed by atoms with E-state index in [2.05, 4.69) is 105 Å². The van der Waals surface area contributed by atoms with E-state index in [9.17, 15) is 19.0 Å². The Morgan fingerprint density at radius 3 is 1.49 bits per heavy atom. The highest BCUT2D eigenvalue weighted by atomic mass is 31.2. The number of quaternary nitrogens is 1. The largest absolute Gasteiger partial charge is 0.472 e. The Morgan fingerprint density at radius 2 is 0.958 bits per heavy atom. The van der Waals surface area contributed by atoms with E-state index in [1.165, 1.54) is 70.6 Å². The predicted octanol–water partition coefficient (Wildman–Crippen LogP) is 17.2. The number of esters is 1. The summed E-state index contributed by atoms with van der Waals surface area (Å²) in [6.45, 7) is 6.79. The number of hydrogen-bond acceptors (Lipinski definition) is 6. The number of carbonyl (C=O) groups is 2. The van der Waals surface area contributed by atoms with Crippen molar-refractivity contribution in [2.24, 2.45) is 0 Å². The lowest BCUT2D eigenvalue weighted by Gasteiger charge is -2.27. The van der Waals surface area contributed by atoms with Gasteiger partial charge in [0.1, 0.15) is 19.3 Å². The molecule has 0 aliphatic rings. The monoisotopic (exact) mass is 1010 g/mol. The fraction of sp³-hybridized carbons (Fsp3) is 0.705. The number of amides is 1. The van der Waals surface area contributed by atoms with E-state index in [4.69, 9.17) is 13.8 Å². The van der Waals surface area contributed by atoms with Crippen LogP contribution in [0.5, 0.6) is 0 Å². The Hall–Kier alpha value is -3.07. The first-order valence-corrected chi connectivity index (χ1v) is 30.1. The molecule has 9 nitrogen and oxygen atoms in total. The van der Waals surface area contributed by atoms with Crippen LogP contribution < -0.4 is 5.32 Å². The molecule has 0 aromatic carbocycles. The normalized spacial score (nSPS) is 14.5. The number of nitrogens with zero attached hydrogens (tertiary/aromatic N) is 1. The van der Waals surface area contributed by atoms with Crippen LogP contribution in [0.15, 0.2) is 97.2 Å². The summed E-state index contributed by atoms with van der Waals surface area (Å²) in [6, 6.07) is -0.871. The van der Waals surface area contributed by atoms with E-state index in [1.54, 1.807) is 0 Å².